The smallest absolute Gasteiger partial charge is 0.310 e. The quantitative estimate of drug-likeness (QED) is 0.797. The molecule has 0 spiro atoms. The maximum absolute atomic E-state index is 12.4. The first-order valence-corrected chi connectivity index (χ1v) is 6.78. The number of benzene rings is 1. The number of hydrogen-bond donors (Lipinski definition) is 1. The van der Waals surface area contributed by atoms with Crippen LogP contribution >= 0.6 is 0 Å². The van der Waals surface area contributed by atoms with Crippen LogP contribution in [0.4, 0.5) is 13.2 Å². The summed E-state index contributed by atoms with van der Waals surface area (Å²) in [7, 11) is 0. The number of halogens is 3. The molecule has 0 aliphatic rings. The molecule has 108 valence electrons. The van der Waals surface area contributed by atoms with Crippen LogP contribution in [0, 0.1) is 5.92 Å². The fraction of sp³-hybridized carbons (Fsp3) is 0.600. The van der Waals surface area contributed by atoms with E-state index < -0.39 is 11.7 Å². The van der Waals surface area contributed by atoms with Crippen LogP contribution in [0.2, 0.25) is 0 Å². The van der Waals surface area contributed by atoms with Crippen LogP contribution in [0.5, 0.6) is 0 Å². The molecule has 1 aromatic carbocycles. The topological polar surface area (TPSA) is 12.0 Å². The number of hydrogen-bond acceptors (Lipinski definition) is 1. The zero-order chi connectivity index (χ0) is 14.5. The lowest BCUT2D eigenvalue weighted by Gasteiger charge is -2.22. The molecule has 4 heteroatoms. The molecular weight excluding hydrogens is 251 g/mol. The van der Waals surface area contributed by atoms with Gasteiger partial charge in [-0.2, -0.15) is 13.2 Å². The highest BCUT2D eigenvalue weighted by atomic mass is 19.4. The summed E-state index contributed by atoms with van der Waals surface area (Å²) in [6.07, 6.45) is -2.04. The van der Waals surface area contributed by atoms with Crippen LogP contribution in [0.1, 0.15) is 44.7 Å². The van der Waals surface area contributed by atoms with E-state index in [4.69, 9.17) is 0 Å². The summed E-state index contributed by atoms with van der Waals surface area (Å²) in [5.41, 5.74) is 0.287. The van der Waals surface area contributed by atoms with Crippen molar-refractivity contribution in [2.24, 2.45) is 5.92 Å². The van der Waals surface area contributed by atoms with Gasteiger partial charge >= 0.3 is 6.18 Å². The van der Waals surface area contributed by atoms with Gasteiger partial charge in [0.25, 0.3) is 0 Å². The van der Waals surface area contributed by atoms with E-state index in [-0.39, 0.29) is 0 Å². The summed E-state index contributed by atoms with van der Waals surface area (Å²) >= 11 is 0. The fourth-order valence-electron chi connectivity index (χ4n) is 2.25. The molecule has 0 saturated heterocycles. The second-order valence-corrected chi connectivity index (χ2v) is 4.94. The third-order valence-corrected chi connectivity index (χ3v) is 3.67. The summed E-state index contributed by atoms with van der Waals surface area (Å²) in [5.74, 6) is 0.606. The summed E-state index contributed by atoms with van der Waals surface area (Å²) in [5, 5.41) is 3.38. The Morgan fingerprint density at radius 3 is 2.00 bits per heavy atom. The third-order valence-electron chi connectivity index (χ3n) is 3.67. The van der Waals surface area contributed by atoms with Gasteiger partial charge in [0, 0.05) is 12.6 Å². The number of rotatable bonds is 6. The Morgan fingerprint density at radius 2 is 1.58 bits per heavy atom. The molecule has 0 amide bonds. The molecule has 1 atom stereocenters. The van der Waals surface area contributed by atoms with Crippen LogP contribution in [0.3, 0.4) is 0 Å². The molecule has 0 heterocycles. The van der Waals surface area contributed by atoms with E-state index in [9.17, 15) is 13.2 Å². The van der Waals surface area contributed by atoms with E-state index in [0.717, 1.165) is 30.5 Å². The minimum Gasteiger partial charge on any atom is -0.310 e. The highest BCUT2D eigenvalue weighted by Crippen LogP contribution is 2.29. The fourth-order valence-corrected chi connectivity index (χ4v) is 2.25. The van der Waals surface area contributed by atoms with Crippen LogP contribution in [-0.4, -0.2) is 6.04 Å². The third kappa shape index (κ3) is 4.86. The van der Waals surface area contributed by atoms with Gasteiger partial charge < -0.3 is 5.32 Å². The van der Waals surface area contributed by atoms with Gasteiger partial charge in [0.2, 0.25) is 0 Å². The Hall–Kier alpha value is -1.03. The molecule has 0 bridgehead atoms. The van der Waals surface area contributed by atoms with Gasteiger partial charge in [0.1, 0.15) is 0 Å². The lowest BCUT2D eigenvalue weighted by molar-refractivity contribution is -0.137. The standard InChI is InChI=1S/C15H22F3N/c1-4-13(5-2)11(3)19-10-12-6-8-14(9-7-12)15(16,17)18/h6-9,11,13,19H,4-5,10H2,1-3H3. The molecule has 1 nitrogen and oxygen atoms in total. The summed E-state index contributed by atoms with van der Waals surface area (Å²) in [6, 6.07) is 5.72. The molecule has 0 aliphatic heterocycles. The monoisotopic (exact) mass is 273 g/mol. The zero-order valence-electron chi connectivity index (χ0n) is 11.7. The van der Waals surface area contributed by atoms with Crippen molar-refractivity contribution >= 4 is 0 Å². The average Bonchev–Trinajstić information content (AvgIpc) is 2.37. The first-order valence-electron chi connectivity index (χ1n) is 6.78. The van der Waals surface area contributed by atoms with Gasteiger partial charge in [-0.05, 0) is 30.5 Å². The Bertz CT molecular complexity index is 366. The Morgan fingerprint density at radius 1 is 1.05 bits per heavy atom. The second-order valence-electron chi connectivity index (χ2n) is 4.94. The van der Waals surface area contributed by atoms with Gasteiger partial charge in [-0.3, -0.25) is 0 Å². The van der Waals surface area contributed by atoms with Crippen molar-refractivity contribution in [3.63, 3.8) is 0 Å². The predicted molar refractivity (Wildman–Crippen MR) is 71.8 cm³/mol. The number of nitrogens with one attached hydrogen (secondary N) is 1. The van der Waals surface area contributed by atoms with Gasteiger partial charge in [-0.25, -0.2) is 0 Å². The average molecular weight is 273 g/mol. The van der Waals surface area contributed by atoms with E-state index in [1.165, 1.54) is 12.1 Å². The largest absolute Gasteiger partial charge is 0.416 e. The summed E-state index contributed by atoms with van der Waals surface area (Å²) < 4.78 is 37.2. The lowest BCUT2D eigenvalue weighted by Crippen LogP contribution is -2.32. The van der Waals surface area contributed by atoms with E-state index in [1.807, 2.05) is 0 Å². The van der Waals surface area contributed by atoms with Crippen molar-refractivity contribution in [2.45, 2.75) is 52.4 Å². The minimum atomic E-state index is -4.26. The van der Waals surface area contributed by atoms with E-state index in [2.05, 4.69) is 26.1 Å². The maximum Gasteiger partial charge on any atom is 0.416 e. The molecular formula is C15H22F3N. The SMILES string of the molecule is CCC(CC)C(C)NCc1ccc(C(F)(F)F)cc1. The lowest BCUT2D eigenvalue weighted by atomic mass is 9.95. The summed E-state index contributed by atoms with van der Waals surface area (Å²) in [6.45, 7) is 7.05. The Labute approximate surface area is 113 Å². The highest BCUT2D eigenvalue weighted by Gasteiger charge is 2.29. The van der Waals surface area contributed by atoms with Gasteiger partial charge in [-0.15, -0.1) is 0 Å². The van der Waals surface area contributed by atoms with Gasteiger partial charge in [0.05, 0.1) is 5.56 Å². The van der Waals surface area contributed by atoms with Gasteiger partial charge in [-0.1, -0.05) is 38.8 Å². The second kappa shape index (κ2) is 6.94. The van der Waals surface area contributed by atoms with Gasteiger partial charge in [0.15, 0.2) is 0 Å². The first-order chi connectivity index (χ1) is 8.88. The summed E-state index contributed by atoms with van der Waals surface area (Å²) in [4.78, 5) is 0. The van der Waals surface area contributed by atoms with Crippen LogP contribution < -0.4 is 5.32 Å². The van der Waals surface area contributed by atoms with Crippen molar-refractivity contribution in [1.82, 2.24) is 5.32 Å². The highest BCUT2D eigenvalue weighted by molar-refractivity contribution is 5.24. The minimum absolute atomic E-state index is 0.372. The van der Waals surface area contributed by atoms with E-state index in [0.29, 0.717) is 18.5 Å². The van der Waals surface area contributed by atoms with Crippen molar-refractivity contribution in [3.8, 4) is 0 Å². The predicted octanol–water partition coefficient (Wildman–Crippen LogP) is 4.62. The van der Waals surface area contributed by atoms with Crippen LogP contribution in [-0.2, 0) is 12.7 Å². The van der Waals surface area contributed by atoms with Crippen molar-refractivity contribution in [2.75, 3.05) is 0 Å². The van der Waals surface area contributed by atoms with Crippen molar-refractivity contribution < 1.29 is 13.2 Å². The van der Waals surface area contributed by atoms with E-state index in [1.54, 1.807) is 0 Å². The van der Waals surface area contributed by atoms with Crippen LogP contribution in [0.15, 0.2) is 24.3 Å². The van der Waals surface area contributed by atoms with E-state index >= 15 is 0 Å². The molecule has 1 rings (SSSR count). The normalized spacial score (nSPS) is 13.8. The van der Waals surface area contributed by atoms with Crippen LogP contribution in [0.25, 0.3) is 0 Å². The molecule has 0 aliphatic carbocycles. The Balaban J connectivity index is 2.55. The van der Waals surface area contributed by atoms with Crippen molar-refractivity contribution in [3.05, 3.63) is 35.4 Å². The molecule has 0 radical (unpaired) electrons. The number of alkyl halides is 3. The molecule has 19 heavy (non-hydrogen) atoms. The first kappa shape index (κ1) is 16.0. The molecule has 0 saturated carbocycles. The van der Waals surface area contributed by atoms with Crippen molar-refractivity contribution in [1.29, 1.82) is 0 Å². The Kier molecular flexibility index (Phi) is 5.85. The molecule has 1 aromatic rings. The molecule has 0 fully saturated rings. The maximum atomic E-state index is 12.4. The molecule has 0 aromatic heterocycles. The zero-order valence-corrected chi connectivity index (χ0v) is 11.7. The molecule has 1 N–H and O–H groups in total. The molecule has 1 unspecified atom stereocenters.